The number of nitrogens with zero attached hydrogens (tertiary/aromatic N) is 1. The first kappa shape index (κ1) is 21.7. The van der Waals surface area contributed by atoms with Crippen molar-refractivity contribution in [1.29, 1.82) is 0 Å². The summed E-state index contributed by atoms with van der Waals surface area (Å²) in [7, 11) is 1.87. The molecule has 2 saturated carbocycles. The minimum atomic E-state index is -0.431. The van der Waals surface area contributed by atoms with Crippen molar-refractivity contribution in [2.45, 2.75) is 108 Å². The van der Waals surface area contributed by atoms with Crippen LogP contribution in [0.5, 0.6) is 0 Å². The van der Waals surface area contributed by atoms with Gasteiger partial charge in [-0.25, -0.2) is 0 Å². The van der Waals surface area contributed by atoms with Gasteiger partial charge in [0.15, 0.2) is 0 Å². The molecule has 2 aliphatic carbocycles. The highest BCUT2D eigenvalue weighted by Crippen LogP contribution is 2.40. The van der Waals surface area contributed by atoms with Crippen LogP contribution in [-0.4, -0.2) is 36.1 Å². The SMILES string of the molecule is C=C1N[C@](CCC2CCCCC2)(C[C@H]2CCC[C@H](OCCCC)C2)C(=O)N1C. The van der Waals surface area contributed by atoms with Gasteiger partial charge in [0, 0.05) is 13.7 Å². The van der Waals surface area contributed by atoms with Crippen molar-refractivity contribution >= 4 is 5.91 Å². The third-order valence-corrected chi connectivity index (χ3v) is 7.43. The summed E-state index contributed by atoms with van der Waals surface area (Å²) in [6, 6.07) is 0. The zero-order valence-corrected chi connectivity index (χ0v) is 18.3. The Bertz CT molecular complexity index is 529. The first-order valence-corrected chi connectivity index (χ1v) is 11.9. The van der Waals surface area contributed by atoms with E-state index in [0.717, 1.165) is 44.0 Å². The Morgan fingerprint density at radius 3 is 2.57 bits per heavy atom. The van der Waals surface area contributed by atoms with Crippen LogP contribution in [0.25, 0.3) is 0 Å². The normalized spacial score (nSPS) is 32.0. The van der Waals surface area contributed by atoms with Crippen LogP contribution in [0, 0.1) is 11.8 Å². The van der Waals surface area contributed by atoms with Gasteiger partial charge in [0.05, 0.1) is 6.10 Å². The molecule has 1 N–H and O–H groups in total. The van der Waals surface area contributed by atoms with E-state index in [2.05, 4.69) is 18.8 Å². The summed E-state index contributed by atoms with van der Waals surface area (Å²) >= 11 is 0. The Morgan fingerprint density at radius 1 is 1.14 bits per heavy atom. The maximum atomic E-state index is 13.2. The first-order valence-electron chi connectivity index (χ1n) is 11.9. The average molecular weight is 391 g/mol. The Morgan fingerprint density at radius 2 is 1.89 bits per heavy atom. The van der Waals surface area contributed by atoms with E-state index in [1.807, 2.05) is 7.05 Å². The van der Waals surface area contributed by atoms with E-state index < -0.39 is 5.54 Å². The molecule has 160 valence electrons. The van der Waals surface area contributed by atoms with Gasteiger partial charge in [-0.1, -0.05) is 64.9 Å². The molecule has 0 aromatic rings. The quantitative estimate of drug-likeness (QED) is 0.537. The summed E-state index contributed by atoms with van der Waals surface area (Å²) in [4.78, 5) is 15.0. The van der Waals surface area contributed by atoms with Gasteiger partial charge in [0.25, 0.3) is 5.91 Å². The maximum Gasteiger partial charge on any atom is 0.253 e. The smallest absolute Gasteiger partial charge is 0.253 e. The molecule has 1 saturated heterocycles. The first-order chi connectivity index (χ1) is 13.5. The van der Waals surface area contributed by atoms with E-state index in [1.54, 1.807) is 4.90 Å². The second-order valence-corrected chi connectivity index (χ2v) is 9.64. The van der Waals surface area contributed by atoms with E-state index >= 15 is 0 Å². The van der Waals surface area contributed by atoms with Gasteiger partial charge in [0.2, 0.25) is 0 Å². The van der Waals surface area contributed by atoms with E-state index in [1.165, 1.54) is 64.2 Å². The molecule has 4 nitrogen and oxygen atoms in total. The van der Waals surface area contributed by atoms with Gasteiger partial charge in [-0.05, 0) is 50.4 Å². The van der Waals surface area contributed by atoms with Crippen molar-refractivity contribution in [2.24, 2.45) is 11.8 Å². The molecule has 3 atom stereocenters. The van der Waals surface area contributed by atoms with Gasteiger partial charge >= 0.3 is 0 Å². The second kappa shape index (κ2) is 10.1. The highest BCUT2D eigenvalue weighted by molar-refractivity contribution is 5.90. The molecule has 3 fully saturated rings. The predicted octanol–water partition coefficient (Wildman–Crippen LogP) is 5.38. The second-order valence-electron chi connectivity index (χ2n) is 9.64. The molecule has 0 spiro atoms. The van der Waals surface area contributed by atoms with Gasteiger partial charge in [-0.3, -0.25) is 4.79 Å². The molecule has 4 heteroatoms. The summed E-state index contributed by atoms with van der Waals surface area (Å²) in [5.41, 5.74) is -0.431. The summed E-state index contributed by atoms with van der Waals surface area (Å²) < 4.78 is 6.14. The largest absolute Gasteiger partial charge is 0.378 e. The van der Waals surface area contributed by atoms with E-state index in [0.29, 0.717) is 12.0 Å². The van der Waals surface area contributed by atoms with Crippen molar-refractivity contribution in [1.82, 2.24) is 10.2 Å². The molecular formula is C24H42N2O2. The van der Waals surface area contributed by atoms with Crippen LogP contribution in [0.1, 0.15) is 96.8 Å². The van der Waals surface area contributed by atoms with Gasteiger partial charge in [0.1, 0.15) is 11.4 Å². The summed E-state index contributed by atoms with van der Waals surface area (Å²) in [6.45, 7) is 7.20. The lowest BCUT2D eigenvalue weighted by Crippen LogP contribution is -2.48. The Kier molecular flexibility index (Phi) is 7.85. The molecule has 0 unspecified atom stereocenters. The van der Waals surface area contributed by atoms with Crippen LogP contribution < -0.4 is 5.32 Å². The van der Waals surface area contributed by atoms with Gasteiger partial charge in [-0.15, -0.1) is 0 Å². The number of rotatable bonds is 9. The molecule has 3 rings (SSSR count). The molecule has 0 radical (unpaired) electrons. The number of unbranched alkanes of at least 4 members (excludes halogenated alkanes) is 1. The number of hydrogen-bond acceptors (Lipinski definition) is 3. The molecule has 28 heavy (non-hydrogen) atoms. The van der Waals surface area contributed by atoms with Crippen molar-refractivity contribution in [2.75, 3.05) is 13.7 Å². The minimum absolute atomic E-state index is 0.238. The third kappa shape index (κ3) is 5.31. The van der Waals surface area contributed by atoms with Crippen molar-refractivity contribution < 1.29 is 9.53 Å². The lowest BCUT2D eigenvalue weighted by atomic mass is 9.74. The third-order valence-electron chi connectivity index (χ3n) is 7.43. The maximum absolute atomic E-state index is 13.2. The van der Waals surface area contributed by atoms with Crippen LogP contribution in [0.15, 0.2) is 12.4 Å². The van der Waals surface area contributed by atoms with Crippen LogP contribution in [0.3, 0.4) is 0 Å². The molecule has 0 aromatic carbocycles. The standard InChI is InChI=1S/C24H42N2O2/c1-4-5-16-28-22-13-9-12-21(17-22)18-24(23(27)26(3)19(2)25-24)15-14-20-10-7-6-8-11-20/h20-22,25H,2,4-18H2,1,3H3/t21-,22-,24+/m0/s1. The molecule has 0 bridgehead atoms. The van der Waals surface area contributed by atoms with Crippen molar-refractivity contribution in [3.63, 3.8) is 0 Å². The van der Waals surface area contributed by atoms with Crippen LogP contribution in [0.2, 0.25) is 0 Å². The fraction of sp³-hybridized carbons (Fsp3) is 0.875. The topological polar surface area (TPSA) is 41.6 Å². The molecule has 1 aliphatic heterocycles. The van der Waals surface area contributed by atoms with Gasteiger partial charge in [-0.2, -0.15) is 0 Å². The van der Waals surface area contributed by atoms with Crippen molar-refractivity contribution in [3.8, 4) is 0 Å². The zero-order valence-electron chi connectivity index (χ0n) is 18.3. The Labute approximate surface area is 172 Å². The summed E-state index contributed by atoms with van der Waals surface area (Å²) in [5.74, 6) is 2.39. The molecule has 1 amide bonds. The molecular weight excluding hydrogens is 348 g/mol. The number of carbonyl (C=O) groups is 1. The summed E-state index contributed by atoms with van der Waals surface area (Å²) in [5, 5.41) is 3.56. The Hall–Kier alpha value is -1.03. The average Bonchev–Trinajstić information content (AvgIpc) is 2.92. The molecule has 3 aliphatic rings. The van der Waals surface area contributed by atoms with E-state index in [9.17, 15) is 4.79 Å². The van der Waals surface area contributed by atoms with Crippen LogP contribution >= 0.6 is 0 Å². The highest BCUT2D eigenvalue weighted by Gasteiger charge is 2.48. The number of ether oxygens (including phenoxy) is 1. The van der Waals surface area contributed by atoms with Crippen LogP contribution in [0.4, 0.5) is 0 Å². The highest BCUT2D eigenvalue weighted by atomic mass is 16.5. The number of hydrogen-bond donors (Lipinski definition) is 1. The minimum Gasteiger partial charge on any atom is -0.378 e. The fourth-order valence-electron chi connectivity index (χ4n) is 5.66. The fourth-order valence-corrected chi connectivity index (χ4v) is 5.66. The number of likely N-dealkylation sites (N-methyl/N-ethyl adjacent to an activating group) is 1. The van der Waals surface area contributed by atoms with Crippen LogP contribution in [-0.2, 0) is 9.53 Å². The monoisotopic (exact) mass is 390 g/mol. The zero-order chi connectivity index (χ0) is 20.0. The molecule has 1 heterocycles. The number of amides is 1. The number of carbonyl (C=O) groups excluding carboxylic acids is 1. The molecule has 0 aromatic heterocycles. The van der Waals surface area contributed by atoms with E-state index in [-0.39, 0.29) is 5.91 Å². The van der Waals surface area contributed by atoms with Crippen molar-refractivity contribution in [3.05, 3.63) is 12.4 Å². The lowest BCUT2D eigenvalue weighted by molar-refractivity contribution is -0.132. The van der Waals surface area contributed by atoms with E-state index in [4.69, 9.17) is 4.74 Å². The Balaban J connectivity index is 1.62. The van der Waals surface area contributed by atoms with Gasteiger partial charge < -0.3 is 15.0 Å². The predicted molar refractivity (Wildman–Crippen MR) is 115 cm³/mol. The lowest BCUT2D eigenvalue weighted by Gasteiger charge is -2.36. The summed E-state index contributed by atoms with van der Waals surface area (Å²) in [6.07, 6.45) is 17.4. The number of nitrogens with one attached hydrogen (secondary N) is 1.